The van der Waals surface area contributed by atoms with Gasteiger partial charge in [-0.15, -0.1) is 0 Å². The van der Waals surface area contributed by atoms with Gasteiger partial charge in [0.15, 0.2) is 0 Å². The molecule has 2 rings (SSSR count). The summed E-state index contributed by atoms with van der Waals surface area (Å²) < 4.78 is 2.22. The summed E-state index contributed by atoms with van der Waals surface area (Å²) in [7, 11) is 2.11. The van der Waals surface area contributed by atoms with Crippen LogP contribution in [0.3, 0.4) is 0 Å². The minimum absolute atomic E-state index is 1.32. The summed E-state index contributed by atoms with van der Waals surface area (Å²) in [6.07, 6.45) is 0. The highest BCUT2D eigenvalue weighted by Gasteiger charge is 2.02. The van der Waals surface area contributed by atoms with Crippen molar-refractivity contribution >= 4 is 10.9 Å². The molecule has 0 aliphatic heterocycles. The first-order valence-electron chi connectivity index (χ1n) is 4.22. The molecule has 2 aromatic rings. The van der Waals surface area contributed by atoms with Crippen LogP contribution >= 0.6 is 0 Å². The van der Waals surface area contributed by atoms with E-state index >= 15 is 0 Å². The first kappa shape index (κ1) is 7.41. The molecular weight excluding hydrogens is 146 g/mol. The third-order valence-electron chi connectivity index (χ3n) is 2.54. The average Bonchev–Trinajstić information content (AvgIpc) is 2.32. The van der Waals surface area contributed by atoms with Gasteiger partial charge in [0.1, 0.15) is 0 Å². The molecule has 62 valence electrons. The Kier molecular flexibility index (Phi) is 1.47. The fraction of sp³-hybridized carbons (Fsp3) is 0.273. The van der Waals surface area contributed by atoms with Gasteiger partial charge >= 0.3 is 0 Å². The second-order valence-corrected chi connectivity index (χ2v) is 3.35. The Balaban J connectivity index is 2.95. The van der Waals surface area contributed by atoms with Crippen molar-refractivity contribution in [1.29, 1.82) is 0 Å². The van der Waals surface area contributed by atoms with Gasteiger partial charge in [0.05, 0.1) is 0 Å². The van der Waals surface area contributed by atoms with E-state index in [4.69, 9.17) is 0 Å². The highest BCUT2D eigenvalue weighted by Crippen LogP contribution is 2.20. The molecule has 0 N–H and O–H groups in total. The Morgan fingerprint density at radius 2 is 1.92 bits per heavy atom. The van der Waals surface area contributed by atoms with Crippen molar-refractivity contribution in [2.45, 2.75) is 13.8 Å². The van der Waals surface area contributed by atoms with Crippen molar-refractivity contribution in [2.24, 2.45) is 7.05 Å². The molecule has 0 radical (unpaired) electrons. The third kappa shape index (κ3) is 0.860. The third-order valence-corrected chi connectivity index (χ3v) is 2.54. The lowest BCUT2D eigenvalue weighted by Crippen LogP contribution is -1.88. The zero-order valence-corrected chi connectivity index (χ0v) is 7.76. The second kappa shape index (κ2) is 2.37. The molecule has 0 amide bonds. The van der Waals surface area contributed by atoms with Crippen LogP contribution in [0.1, 0.15) is 11.3 Å². The topological polar surface area (TPSA) is 4.93 Å². The van der Waals surface area contributed by atoms with E-state index in [1.165, 1.54) is 22.2 Å². The average molecular weight is 159 g/mol. The first-order chi connectivity index (χ1) is 5.70. The van der Waals surface area contributed by atoms with Gasteiger partial charge in [0.25, 0.3) is 0 Å². The molecule has 1 nitrogen and oxygen atoms in total. The lowest BCUT2D eigenvalue weighted by Gasteiger charge is -1.98. The lowest BCUT2D eigenvalue weighted by molar-refractivity contribution is 0.918. The van der Waals surface area contributed by atoms with Gasteiger partial charge in [-0.2, -0.15) is 0 Å². The lowest BCUT2D eigenvalue weighted by atomic mass is 10.1. The number of benzene rings is 1. The van der Waals surface area contributed by atoms with Gasteiger partial charge in [-0.05, 0) is 31.5 Å². The maximum atomic E-state index is 2.24. The molecule has 0 atom stereocenters. The highest BCUT2D eigenvalue weighted by atomic mass is 14.9. The molecule has 0 bridgehead atoms. The molecule has 0 aliphatic rings. The Morgan fingerprint density at radius 1 is 1.17 bits per heavy atom. The molecule has 1 heterocycles. The second-order valence-electron chi connectivity index (χ2n) is 3.35. The van der Waals surface area contributed by atoms with Crippen LogP contribution in [-0.4, -0.2) is 4.57 Å². The Morgan fingerprint density at radius 3 is 2.58 bits per heavy atom. The molecule has 0 fully saturated rings. The number of hydrogen-bond donors (Lipinski definition) is 0. The molecule has 0 saturated heterocycles. The zero-order chi connectivity index (χ0) is 8.72. The number of aromatic nitrogens is 1. The Hall–Kier alpha value is -1.24. The molecule has 1 aromatic carbocycles. The summed E-state index contributed by atoms with van der Waals surface area (Å²) >= 11 is 0. The van der Waals surface area contributed by atoms with Gasteiger partial charge in [-0.25, -0.2) is 0 Å². The van der Waals surface area contributed by atoms with E-state index < -0.39 is 0 Å². The van der Waals surface area contributed by atoms with Crippen molar-refractivity contribution in [2.75, 3.05) is 0 Å². The van der Waals surface area contributed by atoms with Crippen molar-refractivity contribution in [3.63, 3.8) is 0 Å². The Bertz CT molecular complexity index is 424. The molecule has 0 saturated carbocycles. The maximum absolute atomic E-state index is 2.24. The van der Waals surface area contributed by atoms with Crippen molar-refractivity contribution < 1.29 is 0 Å². The molecular formula is C11H13N. The number of aryl methyl sites for hydroxylation is 3. The van der Waals surface area contributed by atoms with E-state index in [0.29, 0.717) is 0 Å². The van der Waals surface area contributed by atoms with Crippen LogP contribution in [0, 0.1) is 13.8 Å². The van der Waals surface area contributed by atoms with Crippen LogP contribution < -0.4 is 0 Å². The summed E-state index contributed by atoms with van der Waals surface area (Å²) in [4.78, 5) is 0. The van der Waals surface area contributed by atoms with Crippen molar-refractivity contribution in [1.82, 2.24) is 4.57 Å². The van der Waals surface area contributed by atoms with Crippen LogP contribution in [0.2, 0.25) is 0 Å². The van der Waals surface area contributed by atoms with E-state index in [-0.39, 0.29) is 0 Å². The molecule has 12 heavy (non-hydrogen) atoms. The molecule has 0 aliphatic carbocycles. The molecule has 0 unspecified atom stereocenters. The predicted molar refractivity (Wildman–Crippen MR) is 52.4 cm³/mol. The SMILES string of the molecule is Cc1cccc2c1cc(C)n2C. The molecule has 1 heteroatoms. The van der Waals surface area contributed by atoms with Gasteiger partial charge in [-0.1, -0.05) is 12.1 Å². The van der Waals surface area contributed by atoms with Crippen molar-refractivity contribution in [3.8, 4) is 0 Å². The summed E-state index contributed by atoms with van der Waals surface area (Å²) in [5.41, 5.74) is 4.00. The quantitative estimate of drug-likeness (QED) is 0.557. The number of fused-ring (bicyclic) bond motifs is 1. The van der Waals surface area contributed by atoms with E-state index in [2.05, 4.69) is 49.7 Å². The predicted octanol–water partition coefficient (Wildman–Crippen LogP) is 2.80. The van der Waals surface area contributed by atoms with Gasteiger partial charge in [0.2, 0.25) is 0 Å². The summed E-state index contributed by atoms with van der Waals surface area (Å²) in [6.45, 7) is 4.29. The first-order valence-corrected chi connectivity index (χ1v) is 4.22. The summed E-state index contributed by atoms with van der Waals surface area (Å²) in [6, 6.07) is 8.67. The minimum Gasteiger partial charge on any atom is -0.348 e. The number of nitrogens with zero attached hydrogens (tertiary/aromatic N) is 1. The number of rotatable bonds is 0. The van der Waals surface area contributed by atoms with Crippen LogP contribution in [0.15, 0.2) is 24.3 Å². The standard InChI is InChI=1S/C11H13N/c1-8-5-4-6-11-10(8)7-9(2)12(11)3/h4-7H,1-3H3. The van der Waals surface area contributed by atoms with Crippen LogP contribution in [0.4, 0.5) is 0 Å². The van der Waals surface area contributed by atoms with E-state index in [0.717, 1.165) is 0 Å². The van der Waals surface area contributed by atoms with Gasteiger partial charge in [-0.3, -0.25) is 0 Å². The maximum Gasteiger partial charge on any atom is 0.0482 e. The smallest absolute Gasteiger partial charge is 0.0482 e. The Labute approximate surface area is 72.6 Å². The largest absolute Gasteiger partial charge is 0.348 e. The summed E-state index contributed by atoms with van der Waals surface area (Å²) in [5, 5.41) is 1.37. The van der Waals surface area contributed by atoms with Crippen LogP contribution in [-0.2, 0) is 7.05 Å². The fourth-order valence-corrected chi connectivity index (χ4v) is 1.64. The van der Waals surface area contributed by atoms with Gasteiger partial charge < -0.3 is 4.57 Å². The monoisotopic (exact) mass is 159 g/mol. The summed E-state index contributed by atoms with van der Waals surface area (Å²) in [5.74, 6) is 0. The van der Waals surface area contributed by atoms with E-state index in [1.54, 1.807) is 0 Å². The van der Waals surface area contributed by atoms with Crippen molar-refractivity contribution in [3.05, 3.63) is 35.5 Å². The van der Waals surface area contributed by atoms with Gasteiger partial charge in [0, 0.05) is 23.6 Å². The van der Waals surface area contributed by atoms with Crippen LogP contribution in [0.25, 0.3) is 10.9 Å². The van der Waals surface area contributed by atoms with Crippen LogP contribution in [0.5, 0.6) is 0 Å². The fourth-order valence-electron chi connectivity index (χ4n) is 1.64. The normalized spacial score (nSPS) is 10.9. The molecule has 1 aromatic heterocycles. The highest BCUT2D eigenvalue weighted by molar-refractivity contribution is 5.84. The van der Waals surface area contributed by atoms with E-state index in [9.17, 15) is 0 Å². The minimum atomic E-state index is 1.32. The number of hydrogen-bond acceptors (Lipinski definition) is 0. The molecule has 0 spiro atoms. The van der Waals surface area contributed by atoms with E-state index in [1.807, 2.05) is 0 Å². The zero-order valence-electron chi connectivity index (χ0n) is 7.76.